The first-order valence-electron chi connectivity index (χ1n) is 4.55. The molecule has 1 N–H and O–H groups in total. The summed E-state index contributed by atoms with van der Waals surface area (Å²) in [5.41, 5.74) is 0.875. The third-order valence-electron chi connectivity index (χ3n) is 2.28. The van der Waals surface area contributed by atoms with Gasteiger partial charge in [-0.2, -0.15) is 0 Å². The van der Waals surface area contributed by atoms with E-state index in [0.717, 1.165) is 5.56 Å². The van der Waals surface area contributed by atoms with E-state index in [1.165, 1.54) is 6.07 Å². The molecule has 3 nitrogen and oxygen atoms in total. The van der Waals surface area contributed by atoms with Crippen molar-refractivity contribution in [3.05, 3.63) is 34.1 Å². The van der Waals surface area contributed by atoms with E-state index in [-0.39, 0.29) is 11.9 Å². The summed E-state index contributed by atoms with van der Waals surface area (Å²) < 4.78 is 18.1. The zero-order valence-electron chi connectivity index (χ0n) is 7.80. The second kappa shape index (κ2) is 4.18. The number of alkyl carbamates (subject to hydrolysis) is 1. The van der Waals surface area contributed by atoms with Gasteiger partial charge in [0.1, 0.15) is 5.82 Å². The third kappa shape index (κ3) is 2.28. The van der Waals surface area contributed by atoms with E-state index in [1.807, 2.05) is 0 Å². The highest BCUT2D eigenvalue weighted by molar-refractivity contribution is 9.10. The summed E-state index contributed by atoms with van der Waals surface area (Å²) in [6.07, 6.45) is 0.274. The number of amides is 1. The minimum atomic E-state index is -0.424. The molecule has 0 saturated carbocycles. The van der Waals surface area contributed by atoms with Crippen LogP contribution in [0, 0.1) is 5.82 Å². The summed E-state index contributed by atoms with van der Waals surface area (Å²) in [6, 6.07) is 4.62. The molecule has 1 aromatic rings. The monoisotopic (exact) mass is 273 g/mol. The largest absolute Gasteiger partial charge is 0.449 e. The van der Waals surface area contributed by atoms with Crippen molar-refractivity contribution in [2.24, 2.45) is 0 Å². The Morgan fingerprint density at radius 1 is 1.53 bits per heavy atom. The van der Waals surface area contributed by atoms with Gasteiger partial charge in [0.25, 0.3) is 0 Å². The van der Waals surface area contributed by atoms with Crippen molar-refractivity contribution >= 4 is 22.0 Å². The van der Waals surface area contributed by atoms with Crippen LogP contribution in [0.4, 0.5) is 9.18 Å². The standard InChI is InChI=1S/C10H9BrFNO2/c11-7-5-6(1-2-8(7)12)9-3-4-15-10(14)13-9/h1-2,5,9H,3-4H2,(H,13,14)/t9-/m0/s1. The lowest BCUT2D eigenvalue weighted by molar-refractivity contribution is 0.115. The Bertz CT molecular complexity index is 397. The van der Waals surface area contributed by atoms with Crippen LogP contribution < -0.4 is 5.32 Å². The first-order valence-corrected chi connectivity index (χ1v) is 5.34. The molecule has 0 aliphatic carbocycles. The second-order valence-corrected chi connectivity index (χ2v) is 4.15. The van der Waals surface area contributed by atoms with Crippen LogP contribution in [0.25, 0.3) is 0 Å². The van der Waals surface area contributed by atoms with Gasteiger partial charge in [0, 0.05) is 6.42 Å². The van der Waals surface area contributed by atoms with Crippen LogP contribution in [0.3, 0.4) is 0 Å². The summed E-state index contributed by atoms with van der Waals surface area (Å²) in [5.74, 6) is -0.308. The Kier molecular flexibility index (Phi) is 2.90. The molecule has 1 aliphatic rings. The molecule has 15 heavy (non-hydrogen) atoms. The number of hydrogen-bond acceptors (Lipinski definition) is 2. The molecule has 0 radical (unpaired) electrons. The van der Waals surface area contributed by atoms with E-state index >= 15 is 0 Å². The van der Waals surface area contributed by atoms with Crippen LogP contribution in [0.15, 0.2) is 22.7 Å². The van der Waals surface area contributed by atoms with E-state index in [1.54, 1.807) is 12.1 Å². The number of nitrogens with one attached hydrogen (secondary N) is 1. The molecular weight excluding hydrogens is 265 g/mol. The van der Waals surface area contributed by atoms with Crippen molar-refractivity contribution < 1.29 is 13.9 Å². The molecule has 2 rings (SSSR count). The Labute approximate surface area is 94.7 Å². The number of carbonyl (C=O) groups is 1. The third-order valence-corrected chi connectivity index (χ3v) is 2.89. The van der Waals surface area contributed by atoms with Crippen molar-refractivity contribution in [3.8, 4) is 0 Å². The molecular formula is C10H9BrFNO2. The van der Waals surface area contributed by atoms with Gasteiger partial charge in [-0.25, -0.2) is 9.18 Å². The van der Waals surface area contributed by atoms with Crippen LogP contribution in [0.1, 0.15) is 18.0 Å². The number of rotatable bonds is 1. The highest BCUT2D eigenvalue weighted by Gasteiger charge is 2.21. The summed E-state index contributed by atoms with van der Waals surface area (Å²) in [4.78, 5) is 11.0. The number of hydrogen-bond donors (Lipinski definition) is 1. The highest BCUT2D eigenvalue weighted by Crippen LogP contribution is 2.24. The van der Waals surface area contributed by atoms with Gasteiger partial charge in [-0.15, -0.1) is 0 Å². The predicted octanol–water partition coefficient (Wildman–Crippen LogP) is 2.76. The molecule has 1 aliphatic heterocycles. The molecule has 0 aromatic heterocycles. The van der Waals surface area contributed by atoms with Crippen LogP contribution in [0.2, 0.25) is 0 Å². The van der Waals surface area contributed by atoms with Gasteiger partial charge in [-0.3, -0.25) is 0 Å². The van der Waals surface area contributed by atoms with Crippen molar-refractivity contribution in [3.63, 3.8) is 0 Å². The number of ether oxygens (including phenoxy) is 1. The van der Waals surface area contributed by atoms with Crippen molar-refractivity contribution in [2.75, 3.05) is 6.61 Å². The predicted molar refractivity (Wildman–Crippen MR) is 55.9 cm³/mol. The lowest BCUT2D eigenvalue weighted by atomic mass is 10.0. The molecule has 0 unspecified atom stereocenters. The zero-order valence-corrected chi connectivity index (χ0v) is 9.38. The minimum absolute atomic E-state index is 0.0943. The molecule has 5 heteroatoms. The van der Waals surface area contributed by atoms with E-state index in [2.05, 4.69) is 21.2 Å². The van der Waals surface area contributed by atoms with Crippen LogP contribution in [-0.4, -0.2) is 12.7 Å². The maximum absolute atomic E-state index is 13.0. The van der Waals surface area contributed by atoms with Gasteiger partial charge in [-0.05, 0) is 33.6 Å². The number of carbonyl (C=O) groups excluding carboxylic acids is 1. The van der Waals surface area contributed by atoms with Crippen LogP contribution in [-0.2, 0) is 4.74 Å². The van der Waals surface area contributed by atoms with E-state index in [9.17, 15) is 9.18 Å². The SMILES string of the molecule is O=C1N[C@H](c2ccc(F)c(Br)c2)CCO1. The fraction of sp³-hybridized carbons (Fsp3) is 0.300. The molecule has 1 amide bonds. The van der Waals surface area contributed by atoms with Crippen molar-refractivity contribution in [1.82, 2.24) is 5.32 Å². The zero-order chi connectivity index (χ0) is 10.8. The number of halogens is 2. The fourth-order valence-electron chi connectivity index (χ4n) is 1.50. The summed E-state index contributed by atoms with van der Waals surface area (Å²) in [6.45, 7) is 0.394. The summed E-state index contributed by atoms with van der Waals surface area (Å²) in [5, 5.41) is 2.67. The van der Waals surface area contributed by atoms with E-state index in [4.69, 9.17) is 4.74 Å². The van der Waals surface area contributed by atoms with Crippen LogP contribution >= 0.6 is 15.9 Å². The van der Waals surface area contributed by atoms with E-state index < -0.39 is 6.09 Å². The minimum Gasteiger partial charge on any atom is -0.449 e. The molecule has 80 valence electrons. The lowest BCUT2D eigenvalue weighted by Gasteiger charge is -2.23. The number of cyclic esters (lactones) is 1. The van der Waals surface area contributed by atoms with Crippen molar-refractivity contribution in [2.45, 2.75) is 12.5 Å². The summed E-state index contributed by atoms with van der Waals surface area (Å²) in [7, 11) is 0. The fourth-order valence-corrected chi connectivity index (χ4v) is 1.90. The van der Waals surface area contributed by atoms with Gasteiger partial charge < -0.3 is 10.1 Å². The van der Waals surface area contributed by atoms with Crippen molar-refractivity contribution in [1.29, 1.82) is 0 Å². The average Bonchev–Trinajstić information content (AvgIpc) is 2.22. The molecule has 0 spiro atoms. The highest BCUT2D eigenvalue weighted by atomic mass is 79.9. The van der Waals surface area contributed by atoms with Gasteiger partial charge in [-0.1, -0.05) is 6.07 Å². The first kappa shape index (κ1) is 10.4. The molecule has 1 fully saturated rings. The average molecular weight is 274 g/mol. The Morgan fingerprint density at radius 3 is 3.00 bits per heavy atom. The Balaban J connectivity index is 2.21. The molecule has 1 saturated heterocycles. The molecule has 1 heterocycles. The molecule has 1 aromatic carbocycles. The van der Waals surface area contributed by atoms with Gasteiger partial charge in [0.15, 0.2) is 0 Å². The molecule has 0 bridgehead atoms. The topological polar surface area (TPSA) is 38.3 Å². The lowest BCUT2D eigenvalue weighted by Crippen LogP contribution is -2.35. The van der Waals surface area contributed by atoms with Gasteiger partial charge in [0.2, 0.25) is 0 Å². The maximum atomic E-state index is 13.0. The van der Waals surface area contributed by atoms with Gasteiger partial charge >= 0.3 is 6.09 Å². The molecule has 1 atom stereocenters. The second-order valence-electron chi connectivity index (χ2n) is 3.30. The maximum Gasteiger partial charge on any atom is 0.407 e. The smallest absolute Gasteiger partial charge is 0.407 e. The van der Waals surface area contributed by atoms with E-state index in [0.29, 0.717) is 17.5 Å². The first-order chi connectivity index (χ1) is 7.16. The Hall–Kier alpha value is -1.10. The van der Waals surface area contributed by atoms with Gasteiger partial charge in [0.05, 0.1) is 17.1 Å². The quantitative estimate of drug-likeness (QED) is 0.855. The number of benzene rings is 1. The Morgan fingerprint density at radius 2 is 2.33 bits per heavy atom. The summed E-state index contributed by atoms with van der Waals surface area (Å²) >= 11 is 3.11. The normalized spacial score (nSPS) is 20.7. The van der Waals surface area contributed by atoms with Crippen LogP contribution in [0.5, 0.6) is 0 Å².